The van der Waals surface area contributed by atoms with E-state index in [0.717, 1.165) is 10.0 Å². The third-order valence-corrected chi connectivity index (χ3v) is 4.99. The van der Waals surface area contributed by atoms with Gasteiger partial charge in [-0.3, -0.25) is 9.59 Å². The molecule has 3 aromatic rings. The number of carbonyl (C=O) groups excluding carboxylic acids is 2. The molecule has 0 bridgehead atoms. The van der Waals surface area contributed by atoms with Crippen LogP contribution < -0.4 is 10.9 Å². The van der Waals surface area contributed by atoms with Gasteiger partial charge in [-0.1, -0.05) is 28.1 Å². The maximum absolute atomic E-state index is 12.2. The number of carbonyl (C=O) groups is 2. The zero-order valence-corrected chi connectivity index (χ0v) is 18.6. The first-order chi connectivity index (χ1) is 15.0. The molecule has 1 N–H and O–H groups in total. The van der Waals surface area contributed by atoms with Gasteiger partial charge >= 0.3 is 5.97 Å². The summed E-state index contributed by atoms with van der Waals surface area (Å²) >= 11 is 3.40. The molecule has 0 unspecified atom stereocenters. The Balaban J connectivity index is 1.54. The third kappa shape index (κ3) is 6.36. The van der Waals surface area contributed by atoms with E-state index in [1.807, 2.05) is 24.3 Å². The van der Waals surface area contributed by atoms with Crippen LogP contribution in [0.15, 0.2) is 69.9 Å². The zero-order valence-electron chi connectivity index (χ0n) is 17.0. The highest BCUT2D eigenvalue weighted by Gasteiger charge is 2.08. The smallest absolute Gasteiger partial charge is 0.338 e. The van der Waals surface area contributed by atoms with Gasteiger partial charge in [0.15, 0.2) is 0 Å². The van der Waals surface area contributed by atoms with Crippen molar-refractivity contribution in [2.75, 3.05) is 11.9 Å². The van der Waals surface area contributed by atoms with Crippen LogP contribution in [0, 0.1) is 0 Å². The fraction of sp³-hybridized carbons (Fsp3) is 0.217. The molecule has 0 aliphatic rings. The van der Waals surface area contributed by atoms with Crippen molar-refractivity contribution in [3.63, 3.8) is 0 Å². The number of rotatable bonds is 8. The topological polar surface area (TPSA) is 90.3 Å². The van der Waals surface area contributed by atoms with E-state index in [1.54, 1.807) is 37.3 Å². The van der Waals surface area contributed by atoms with Crippen LogP contribution in [-0.4, -0.2) is 28.3 Å². The second kappa shape index (κ2) is 10.7. The molecular formula is C23H22BrN3O4. The Morgan fingerprint density at radius 3 is 2.42 bits per heavy atom. The van der Waals surface area contributed by atoms with Crippen LogP contribution in [0.2, 0.25) is 0 Å². The number of nitrogens with zero attached hydrogens (tertiary/aromatic N) is 2. The monoisotopic (exact) mass is 483 g/mol. The first-order valence-corrected chi connectivity index (χ1v) is 10.7. The van der Waals surface area contributed by atoms with E-state index in [0.29, 0.717) is 36.5 Å². The molecule has 7 nitrogen and oxygen atoms in total. The number of aromatic nitrogens is 2. The molecule has 0 aliphatic heterocycles. The summed E-state index contributed by atoms with van der Waals surface area (Å²) in [7, 11) is 0. The van der Waals surface area contributed by atoms with E-state index in [4.69, 9.17) is 4.74 Å². The molecule has 0 fully saturated rings. The number of ether oxygens (including phenoxy) is 1. The molecule has 8 heteroatoms. The number of hydrogen-bond acceptors (Lipinski definition) is 5. The van der Waals surface area contributed by atoms with Gasteiger partial charge in [-0.2, -0.15) is 5.10 Å². The van der Waals surface area contributed by atoms with Gasteiger partial charge in [0, 0.05) is 34.8 Å². The van der Waals surface area contributed by atoms with Gasteiger partial charge < -0.3 is 10.1 Å². The molecule has 0 saturated heterocycles. The lowest BCUT2D eigenvalue weighted by Gasteiger charge is -2.08. The van der Waals surface area contributed by atoms with Gasteiger partial charge in [0.25, 0.3) is 5.56 Å². The minimum absolute atomic E-state index is 0.180. The Kier molecular flexibility index (Phi) is 7.72. The molecule has 1 amide bonds. The van der Waals surface area contributed by atoms with Crippen molar-refractivity contribution in [2.45, 2.75) is 26.3 Å². The van der Waals surface area contributed by atoms with Crippen molar-refractivity contribution in [3.8, 4) is 11.3 Å². The van der Waals surface area contributed by atoms with Crippen LogP contribution in [0.3, 0.4) is 0 Å². The van der Waals surface area contributed by atoms with E-state index in [1.165, 1.54) is 10.7 Å². The summed E-state index contributed by atoms with van der Waals surface area (Å²) in [6.07, 6.45) is 0.694. The number of aryl methyl sites for hydroxylation is 1. The second-order valence-corrected chi connectivity index (χ2v) is 7.65. The molecule has 0 atom stereocenters. The van der Waals surface area contributed by atoms with Crippen LogP contribution >= 0.6 is 15.9 Å². The van der Waals surface area contributed by atoms with Crippen molar-refractivity contribution < 1.29 is 14.3 Å². The molecule has 31 heavy (non-hydrogen) atoms. The van der Waals surface area contributed by atoms with Crippen molar-refractivity contribution in [1.29, 1.82) is 0 Å². The zero-order chi connectivity index (χ0) is 22.2. The largest absolute Gasteiger partial charge is 0.462 e. The molecule has 1 aromatic heterocycles. The van der Waals surface area contributed by atoms with Crippen molar-refractivity contribution in [2.24, 2.45) is 0 Å². The van der Waals surface area contributed by atoms with Crippen LogP contribution in [-0.2, 0) is 16.1 Å². The first-order valence-electron chi connectivity index (χ1n) is 9.87. The predicted octanol–water partition coefficient (Wildman–Crippen LogP) is 4.27. The summed E-state index contributed by atoms with van der Waals surface area (Å²) in [6.45, 7) is 2.38. The highest BCUT2D eigenvalue weighted by molar-refractivity contribution is 9.10. The minimum atomic E-state index is -0.399. The fourth-order valence-corrected chi connectivity index (χ4v) is 3.16. The summed E-state index contributed by atoms with van der Waals surface area (Å²) in [5.41, 5.74) is 2.40. The molecule has 3 rings (SSSR count). The highest BCUT2D eigenvalue weighted by Crippen LogP contribution is 2.19. The van der Waals surface area contributed by atoms with E-state index in [2.05, 4.69) is 26.3 Å². The Bertz CT molecular complexity index is 1110. The first kappa shape index (κ1) is 22.4. The van der Waals surface area contributed by atoms with E-state index < -0.39 is 5.97 Å². The van der Waals surface area contributed by atoms with Crippen molar-refractivity contribution in [3.05, 3.63) is 81.1 Å². The quantitative estimate of drug-likeness (QED) is 0.483. The van der Waals surface area contributed by atoms with E-state index >= 15 is 0 Å². The average molecular weight is 484 g/mol. The van der Waals surface area contributed by atoms with Gasteiger partial charge in [-0.15, -0.1) is 0 Å². The molecule has 0 saturated carbocycles. The highest BCUT2D eigenvalue weighted by atomic mass is 79.9. The number of hydrogen-bond donors (Lipinski definition) is 1. The summed E-state index contributed by atoms with van der Waals surface area (Å²) in [5, 5.41) is 7.19. The molecule has 0 radical (unpaired) electrons. The predicted molar refractivity (Wildman–Crippen MR) is 122 cm³/mol. The fourth-order valence-electron chi connectivity index (χ4n) is 2.90. The van der Waals surface area contributed by atoms with E-state index in [9.17, 15) is 14.4 Å². The second-order valence-electron chi connectivity index (χ2n) is 6.74. The number of benzene rings is 2. The van der Waals surface area contributed by atoms with Gasteiger partial charge in [0.2, 0.25) is 5.91 Å². The number of halogens is 1. The normalized spacial score (nSPS) is 10.5. The Morgan fingerprint density at radius 2 is 1.74 bits per heavy atom. The standard InChI is InChI=1S/C23H22BrN3O4/c1-2-31-23(30)17-7-11-19(12-8-17)25-21(28)4-3-15-27-22(29)14-13-20(26-27)16-5-9-18(24)10-6-16/h5-14H,2-4,15H2,1H3,(H,25,28). The van der Waals surface area contributed by atoms with Crippen LogP contribution in [0.4, 0.5) is 5.69 Å². The lowest BCUT2D eigenvalue weighted by atomic mass is 10.1. The number of nitrogens with one attached hydrogen (secondary N) is 1. The summed E-state index contributed by atoms with van der Waals surface area (Å²) in [5.74, 6) is -0.579. The number of anilines is 1. The molecule has 160 valence electrons. The average Bonchev–Trinajstić information content (AvgIpc) is 2.76. The SMILES string of the molecule is CCOC(=O)c1ccc(NC(=O)CCCn2nc(-c3ccc(Br)cc3)ccc2=O)cc1. The van der Waals surface area contributed by atoms with Crippen molar-refractivity contribution in [1.82, 2.24) is 9.78 Å². The van der Waals surface area contributed by atoms with Gasteiger partial charge in [-0.05, 0) is 55.8 Å². The molecule has 1 heterocycles. The Morgan fingerprint density at radius 1 is 1.03 bits per heavy atom. The third-order valence-electron chi connectivity index (χ3n) is 4.46. The molecule has 0 aliphatic carbocycles. The van der Waals surface area contributed by atoms with Crippen LogP contribution in [0.25, 0.3) is 11.3 Å². The minimum Gasteiger partial charge on any atom is -0.462 e. The molecule has 0 spiro atoms. The molecular weight excluding hydrogens is 462 g/mol. The molecule has 2 aromatic carbocycles. The lowest BCUT2D eigenvalue weighted by molar-refractivity contribution is -0.116. The Hall–Kier alpha value is -3.26. The lowest BCUT2D eigenvalue weighted by Crippen LogP contribution is -2.23. The number of amides is 1. The maximum Gasteiger partial charge on any atom is 0.338 e. The van der Waals surface area contributed by atoms with Crippen molar-refractivity contribution >= 4 is 33.5 Å². The summed E-state index contributed by atoms with van der Waals surface area (Å²) in [6, 6.07) is 17.3. The summed E-state index contributed by atoms with van der Waals surface area (Å²) in [4.78, 5) is 36.0. The van der Waals surface area contributed by atoms with Crippen LogP contribution in [0.1, 0.15) is 30.1 Å². The van der Waals surface area contributed by atoms with Crippen LogP contribution in [0.5, 0.6) is 0 Å². The van der Waals surface area contributed by atoms with Gasteiger partial charge in [-0.25, -0.2) is 9.48 Å². The Labute approximate surface area is 188 Å². The number of esters is 1. The van der Waals surface area contributed by atoms with E-state index in [-0.39, 0.29) is 17.9 Å². The maximum atomic E-state index is 12.2. The van der Waals surface area contributed by atoms with Gasteiger partial charge in [0.1, 0.15) is 0 Å². The van der Waals surface area contributed by atoms with Gasteiger partial charge in [0.05, 0.1) is 17.9 Å². The summed E-state index contributed by atoms with van der Waals surface area (Å²) < 4.78 is 7.27.